The van der Waals surface area contributed by atoms with E-state index in [0.29, 0.717) is 12.0 Å². The number of aliphatic hydroxyl groups is 1. The third kappa shape index (κ3) is 2.93. The summed E-state index contributed by atoms with van der Waals surface area (Å²) in [5, 5.41) is 12.3. The van der Waals surface area contributed by atoms with E-state index in [9.17, 15) is 0 Å². The van der Waals surface area contributed by atoms with E-state index < -0.39 is 0 Å². The molecule has 0 unspecified atom stereocenters. The van der Waals surface area contributed by atoms with Crippen LogP contribution in [0.3, 0.4) is 0 Å². The maximum atomic E-state index is 9.04. The molecule has 0 aromatic carbocycles. The highest BCUT2D eigenvalue weighted by atomic mass is 16.3. The largest absolute Gasteiger partial charge is 0.395 e. The van der Waals surface area contributed by atoms with Gasteiger partial charge in [-0.3, -0.25) is 4.90 Å². The molecule has 0 bridgehead atoms. The van der Waals surface area contributed by atoms with Crippen molar-refractivity contribution in [2.24, 2.45) is 5.92 Å². The summed E-state index contributed by atoms with van der Waals surface area (Å²) in [6.45, 7) is 10.1. The Morgan fingerprint density at radius 1 is 1.46 bits per heavy atom. The molecule has 1 saturated heterocycles. The molecule has 0 aromatic heterocycles. The quantitative estimate of drug-likeness (QED) is 0.665. The Bertz CT molecular complexity index is 150. The number of aliphatic hydroxyl groups excluding tert-OH is 1. The van der Waals surface area contributed by atoms with Crippen LogP contribution in [0.4, 0.5) is 0 Å². The summed E-state index contributed by atoms with van der Waals surface area (Å²) in [4.78, 5) is 2.46. The first kappa shape index (κ1) is 11.0. The van der Waals surface area contributed by atoms with E-state index in [2.05, 4.69) is 31.0 Å². The lowest BCUT2D eigenvalue weighted by molar-refractivity contribution is 0.0991. The second-order valence-corrected chi connectivity index (χ2v) is 4.31. The highest BCUT2D eigenvalue weighted by Crippen LogP contribution is 2.12. The lowest BCUT2D eigenvalue weighted by Crippen LogP contribution is -2.55. The first-order valence-electron chi connectivity index (χ1n) is 5.23. The predicted molar refractivity (Wildman–Crippen MR) is 54.7 cm³/mol. The number of hydrogen-bond acceptors (Lipinski definition) is 3. The fraction of sp³-hybridized carbons (Fsp3) is 1.00. The molecule has 0 aliphatic carbocycles. The Morgan fingerprint density at radius 3 is 2.69 bits per heavy atom. The van der Waals surface area contributed by atoms with Gasteiger partial charge in [-0.2, -0.15) is 0 Å². The van der Waals surface area contributed by atoms with Crippen molar-refractivity contribution in [3.05, 3.63) is 0 Å². The molecular formula is C10H22N2O. The number of rotatable bonds is 3. The topological polar surface area (TPSA) is 35.5 Å². The van der Waals surface area contributed by atoms with E-state index in [-0.39, 0.29) is 12.6 Å². The van der Waals surface area contributed by atoms with Gasteiger partial charge in [-0.1, -0.05) is 13.8 Å². The molecule has 0 radical (unpaired) electrons. The summed E-state index contributed by atoms with van der Waals surface area (Å²) >= 11 is 0. The van der Waals surface area contributed by atoms with Crippen LogP contribution in [0.15, 0.2) is 0 Å². The average molecular weight is 186 g/mol. The minimum atomic E-state index is 0.251. The van der Waals surface area contributed by atoms with Crippen molar-refractivity contribution in [2.45, 2.75) is 32.9 Å². The number of nitrogens with one attached hydrogen (secondary N) is 1. The van der Waals surface area contributed by atoms with Crippen LogP contribution >= 0.6 is 0 Å². The van der Waals surface area contributed by atoms with Crippen molar-refractivity contribution < 1.29 is 5.11 Å². The molecule has 1 heterocycles. The zero-order valence-corrected chi connectivity index (χ0v) is 8.95. The summed E-state index contributed by atoms with van der Waals surface area (Å²) < 4.78 is 0. The smallest absolute Gasteiger partial charge is 0.0597 e. The summed E-state index contributed by atoms with van der Waals surface area (Å²) in [5.41, 5.74) is 0. The van der Waals surface area contributed by atoms with Crippen molar-refractivity contribution in [3.8, 4) is 0 Å². The predicted octanol–water partition coefficient (Wildman–Crippen LogP) is 0.297. The molecule has 3 heteroatoms. The van der Waals surface area contributed by atoms with Gasteiger partial charge in [0.25, 0.3) is 0 Å². The fourth-order valence-corrected chi connectivity index (χ4v) is 1.77. The molecule has 0 amide bonds. The van der Waals surface area contributed by atoms with E-state index in [1.54, 1.807) is 0 Å². The van der Waals surface area contributed by atoms with Gasteiger partial charge in [-0.15, -0.1) is 0 Å². The van der Waals surface area contributed by atoms with Crippen LogP contribution in [0.5, 0.6) is 0 Å². The molecule has 0 saturated carbocycles. The van der Waals surface area contributed by atoms with Crippen molar-refractivity contribution in [2.75, 3.05) is 26.2 Å². The van der Waals surface area contributed by atoms with Crippen LogP contribution in [0, 0.1) is 5.92 Å². The van der Waals surface area contributed by atoms with E-state index in [1.807, 2.05) is 0 Å². The summed E-state index contributed by atoms with van der Waals surface area (Å²) in [6.07, 6.45) is 0. The van der Waals surface area contributed by atoms with Crippen molar-refractivity contribution in [1.29, 1.82) is 0 Å². The summed E-state index contributed by atoms with van der Waals surface area (Å²) in [5.74, 6) is 0.692. The average Bonchev–Trinajstić information content (AvgIpc) is 2.16. The Morgan fingerprint density at radius 2 is 2.15 bits per heavy atom. The second-order valence-electron chi connectivity index (χ2n) is 4.31. The lowest BCUT2D eigenvalue weighted by atomic mass is 10.0. The van der Waals surface area contributed by atoms with E-state index in [1.165, 1.54) is 0 Å². The molecular weight excluding hydrogens is 164 g/mol. The van der Waals surface area contributed by atoms with Crippen LogP contribution in [-0.2, 0) is 0 Å². The molecule has 78 valence electrons. The van der Waals surface area contributed by atoms with Crippen molar-refractivity contribution in [1.82, 2.24) is 10.2 Å². The van der Waals surface area contributed by atoms with Crippen LogP contribution in [0.1, 0.15) is 20.8 Å². The lowest BCUT2D eigenvalue weighted by Gasteiger charge is -2.38. The van der Waals surface area contributed by atoms with E-state index in [0.717, 1.165) is 19.6 Å². The number of nitrogens with zero attached hydrogens (tertiary/aromatic N) is 1. The van der Waals surface area contributed by atoms with Gasteiger partial charge < -0.3 is 10.4 Å². The zero-order valence-electron chi connectivity index (χ0n) is 8.95. The van der Waals surface area contributed by atoms with Gasteiger partial charge in [0, 0.05) is 31.7 Å². The van der Waals surface area contributed by atoms with Crippen LogP contribution < -0.4 is 5.32 Å². The Balaban J connectivity index is 2.41. The molecule has 1 rings (SSSR count). The van der Waals surface area contributed by atoms with Gasteiger partial charge in [0.05, 0.1) is 6.61 Å². The Kier molecular flexibility index (Phi) is 4.16. The second kappa shape index (κ2) is 4.94. The fourth-order valence-electron chi connectivity index (χ4n) is 1.77. The minimum Gasteiger partial charge on any atom is -0.395 e. The standard InChI is InChI=1S/C10H22N2O/c1-8(2)9(3)12-5-4-11-10(6-12)7-13/h8-11,13H,4-7H2,1-3H3/t9-,10-/m1/s1. The molecule has 1 fully saturated rings. The highest BCUT2D eigenvalue weighted by Gasteiger charge is 2.23. The van der Waals surface area contributed by atoms with Gasteiger partial charge in [-0.05, 0) is 12.8 Å². The third-order valence-corrected chi connectivity index (χ3v) is 3.05. The van der Waals surface area contributed by atoms with Gasteiger partial charge in [0.2, 0.25) is 0 Å². The van der Waals surface area contributed by atoms with Gasteiger partial charge in [0.1, 0.15) is 0 Å². The monoisotopic (exact) mass is 186 g/mol. The highest BCUT2D eigenvalue weighted by molar-refractivity contribution is 4.81. The molecule has 2 N–H and O–H groups in total. The maximum absolute atomic E-state index is 9.04. The van der Waals surface area contributed by atoms with E-state index >= 15 is 0 Å². The van der Waals surface area contributed by atoms with Gasteiger partial charge >= 0.3 is 0 Å². The van der Waals surface area contributed by atoms with Crippen LogP contribution in [-0.4, -0.2) is 48.3 Å². The molecule has 0 spiro atoms. The minimum absolute atomic E-state index is 0.251. The number of piperazine rings is 1. The summed E-state index contributed by atoms with van der Waals surface area (Å²) in [7, 11) is 0. The van der Waals surface area contributed by atoms with Gasteiger partial charge in [0.15, 0.2) is 0 Å². The molecule has 1 aliphatic heterocycles. The normalized spacial score (nSPS) is 27.9. The Labute approximate surface area is 81.1 Å². The van der Waals surface area contributed by atoms with E-state index in [4.69, 9.17) is 5.11 Å². The first-order valence-corrected chi connectivity index (χ1v) is 5.23. The SMILES string of the molecule is CC(C)[C@@H](C)N1CCN[C@@H](CO)C1. The molecule has 13 heavy (non-hydrogen) atoms. The zero-order chi connectivity index (χ0) is 9.84. The Hall–Kier alpha value is -0.120. The molecule has 2 atom stereocenters. The molecule has 3 nitrogen and oxygen atoms in total. The molecule has 1 aliphatic rings. The van der Waals surface area contributed by atoms with Crippen LogP contribution in [0.25, 0.3) is 0 Å². The first-order chi connectivity index (χ1) is 6.15. The maximum Gasteiger partial charge on any atom is 0.0597 e. The van der Waals surface area contributed by atoms with Crippen molar-refractivity contribution in [3.63, 3.8) is 0 Å². The van der Waals surface area contributed by atoms with Crippen LogP contribution in [0.2, 0.25) is 0 Å². The third-order valence-electron chi connectivity index (χ3n) is 3.05. The summed E-state index contributed by atoms with van der Waals surface area (Å²) in [6, 6.07) is 0.895. The molecule has 0 aromatic rings. The number of hydrogen-bond donors (Lipinski definition) is 2. The van der Waals surface area contributed by atoms with Gasteiger partial charge in [-0.25, -0.2) is 0 Å². The van der Waals surface area contributed by atoms with Crippen molar-refractivity contribution >= 4 is 0 Å².